The van der Waals surface area contributed by atoms with Crippen molar-refractivity contribution in [3.8, 4) is 6.07 Å². The Morgan fingerprint density at radius 3 is 2.67 bits per heavy atom. The highest BCUT2D eigenvalue weighted by atomic mass is 127. The fraction of sp³-hybridized carbons (Fsp3) is 0.158. The second-order valence-electron chi connectivity index (χ2n) is 5.26. The van der Waals surface area contributed by atoms with Crippen molar-refractivity contribution in [3.05, 3.63) is 75.0 Å². The van der Waals surface area contributed by atoms with Gasteiger partial charge in [-0.05, 0) is 65.3 Å². The van der Waals surface area contributed by atoms with E-state index in [4.69, 9.17) is 0 Å². The van der Waals surface area contributed by atoms with E-state index in [1.165, 1.54) is 6.20 Å². The summed E-state index contributed by atoms with van der Waals surface area (Å²) in [7, 11) is 0. The average molecular weight is 431 g/mol. The van der Waals surface area contributed by atoms with Crippen LogP contribution in [0, 0.1) is 21.8 Å². The van der Waals surface area contributed by atoms with E-state index >= 15 is 0 Å². The Hall–Kier alpha value is -2.33. The molecule has 0 aromatic heterocycles. The highest BCUT2D eigenvalue weighted by molar-refractivity contribution is 14.1. The maximum absolute atomic E-state index is 12.1. The minimum Gasteiger partial charge on any atom is -0.360 e. The van der Waals surface area contributed by atoms with Crippen LogP contribution < -0.4 is 10.6 Å². The molecule has 0 radical (unpaired) electrons. The van der Waals surface area contributed by atoms with Crippen LogP contribution in [0.1, 0.15) is 11.1 Å². The van der Waals surface area contributed by atoms with Crippen molar-refractivity contribution < 1.29 is 4.79 Å². The van der Waals surface area contributed by atoms with Crippen LogP contribution in [0.3, 0.4) is 0 Å². The first-order chi connectivity index (χ1) is 11.6. The van der Waals surface area contributed by atoms with Crippen LogP contribution in [-0.2, 0) is 11.2 Å². The highest BCUT2D eigenvalue weighted by Gasteiger charge is 2.08. The number of nitrogens with zero attached hydrogens (tertiary/aromatic N) is 1. The van der Waals surface area contributed by atoms with Crippen LogP contribution in [-0.4, -0.2) is 12.5 Å². The number of aryl methyl sites for hydroxylation is 1. The van der Waals surface area contributed by atoms with E-state index in [0.29, 0.717) is 6.54 Å². The molecular formula is C19H18IN3O. The first-order valence-electron chi connectivity index (χ1n) is 7.55. The fourth-order valence-corrected chi connectivity index (χ4v) is 2.79. The van der Waals surface area contributed by atoms with E-state index in [1.807, 2.05) is 61.5 Å². The molecule has 0 unspecified atom stereocenters. The molecule has 2 aromatic rings. The monoisotopic (exact) mass is 431 g/mol. The molecule has 0 atom stereocenters. The van der Waals surface area contributed by atoms with Gasteiger partial charge in [0.2, 0.25) is 0 Å². The van der Waals surface area contributed by atoms with Gasteiger partial charge in [0.25, 0.3) is 5.91 Å². The lowest BCUT2D eigenvalue weighted by Gasteiger charge is -2.07. The summed E-state index contributed by atoms with van der Waals surface area (Å²) < 4.78 is 1.14. The van der Waals surface area contributed by atoms with Gasteiger partial charge >= 0.3 is 0 Å². The van der Waals surface area contributed by atoms with E-state index < -0.39 is 0 Å². The van der Waals surface area contributed by atoms with Crippen molar-refractivity contribution in [2.24, 2.45) is 0 Å². The SMILES string of the molecule is Cc1cc(I)ccc1N/C=C(/C#N)C(=O)NCCc1ccccc1. The normalized spacial score (nSPS) is 10.8. The molecule has 24 heavy (non-hydrogen) atoms. The van der Waals surface area contributed by atoms with Gasteiger partial charge in [0.15, 0.2) is 0 Å². The Balaban J connectivity index is 1.92. The van der Waals surface area contributed by atoms with Crippen LogP contribution >= 0.6 is 22.6 Å². The first kappa shape index (κ1) is 18.0. The minimum absolute atomic E-state index is 0.0565. The number of anilines is 1. The smallest absolute Gasteiger partial charge is 0.263 e. The second-order valence-corrected chi connectivity index (χ2v) is 6.51. The zero-order valence-corrected chi connectivity index (χ0v) is 15.5. The molecule has 0 aliphatic rings. The largest absolute Gasteiger partial charge is 0.360 e. The van der Waals surface area contributed by atoms with Gasteiger partial charge in [0.05, 0.1) is 0 Å². The molecule has 0 heterocycles. The predicted octanol–water partition coefficient (Wildman–Crippen LogP) is 3.78. The number of amides is 1. The van der Waals surface area contributed by atoms with Gasteiger partial charge in [-0.15, -0.1) is 0 Å². The Morgan fingerprint density at radius 1 is 1.25 bits per heavy atom. The summed E-state index contributed by atoms with van der Waals surface area (Å²) in [5.41, 5.74) is 3.13. The van der Waals surface area contributed by atoms with E-state index in [-0.39, 0.29) is 11.5 Å². The van der Waals surface area contributed by atoms with Crippen molar-refractivity contribution in [2.75, 3.05) is 11.9 Å². The maximum atomic E-state index is 12.1. The van der Waals surface area contributed by atoms with Gasteiger partial charge in [0.1, 0.15) is 11.6 Å². The van der Waals surface area contributed by atoms with Crippen molar-refractivity contribution in [1.29, 1.82) is 5.26 Å². The van der Waals surface area contributed by atoms with Crippen LogP contribution in [0.5, 0.6) is 0 Å². The number of hydrogen-bond acceptors (Lipinski definition) is 3. The van der Waals surface area contributed by atoms with E-state index in [2.05, 4.69) is 33.2 Å². The maximum Gasteiger partial charge on any atom is 0.263 e. The summed E-state index contributed by atoms with van der Waals surface area (Å²) in [6, 6.07) is 17.8. The Morgan fingerprint density at radius 2 is 2.00 bits per heavy atom. The van der Waals surface area contributed by atoms with Crippen LogP contribution in [0.4, 0.5) is 5.69 Å². The molecule has 0 aliphatic heterocycles. The summed E-state index contributed by atoms with van der Waals surface area (Å²) in [6.07, 6.45) is 2.18. The second kappa shape index (κ2) is 9.08. The number of carbonyl (C=O) groups is 1. The van der Waals surface area contributed by atoms with Gasteiger partial charge in [-0.25, -0.2) is 0 Å². The molecule has 4 nitrogen and oxygen atoms in total. The van der Waals surface area contributed by atoms with Gasteiger partial charge in [-0.1, -0.05) is 30.3 Å². The minimum atomic E-state index is -0.371. The Bertz CT molecular complexity index is 779. The quantitative estimate of drug-likeness (QED) is 0.416. The van der Waals surface area contributed by atoms with E-state index in [0.717, 1.165) is 26.8 Å². The standard InChI is InChI=1S/C19H18IN3O/c1-14-11-17(20)7-8-18(14)23-13-16(12-21)19(24)22-10-9-15-5-3-2-4-6-15/h2-8,11,13,23H,9-10H2,1H3,(H,22,24)/b16-13-. The van der Waals surface area contributed by atoms with Crippen LogP contribution in [0.25, 0.3) is 0 Å². The molecule has 0 bridgehead atoms. The van der Waals surface area contributed by atoms with Gasteiger partial charge in [-0.2, -0.15) is 5.26 Å². The van der Waals surface area contributed by atoms with Crippen LogP contribution in [0.15, 0.2) is 60.3 Å². The predicted molar refractivity (Wildman–Crippen MR) is 104 cm³/mol. The molecule has 0 aliphatic carbocycles. The molecule has 0 saturated heterocycles. The highest BCUT2D eigenvalue weighted by Crippen LogP contribution is 2.17. The lowest BCUT2D eigenvalue weighted by molar-refractivity contribution is -0.117. The van der Waals surface area contributed by atoms with Crippen molar-refractivity contribution in [3.63, 3.8) is 0 Å². The summed E-state index contributed by atoms with van der Waals surface area (Å²) in [6.45, 7) is 2.47. The third kappa shape index (κ3) is 5.39. The molecule has 0 saturated carbocycles. The van der Waals surface area contributed by atoms with Crippen molar-refractivity contribution in [1.82, 2.24) is 5.32 Å². The van der Waals surface area contributed by atoms with Crippen LogP contribution in [0.2, 0.25) is 0 Å². The lowest BCUT2D eigenvalue weighted by atomic mass is 10.1. The average Bonchev–Trinajstić information content (AvgIpc) is 2.58. The lowest BCUT2D eigenvalue weighted by Crippen LogP contribution is -2.27. The number of nitriles is 1. The topological polar surface area (TPSA) is 64.9 Å². The van der Waals surface area contributed by atoms with Gasteiger partial charge < -0.3 is 10.6 Å². The summed E-state index contributed by atoms with van der Waals surface area (Å²) >= 11 is 2.24. The van der Waals surface area contributed by atoms with Crippen molar-refractivity contribution >= 4 is 34.2 Å². The number of hydrogen-bond donors (Lipinski definition) is 2. The number of rotatable bonds is 6. The molecule has 2 aromatic carbocycles. The Kier molecular flexibility index (Phi) is 6.82. The number of nitrogens with one attached hydrogen (secondary N) is 2. The number of benzene rings is 2. The van der Waals surface area contributed by atoms with E-state index in [1.54, 1.807) is 0 Å². The molecular weight excluding hydrogens is 413 g/mol. The first-order valence-corrected chi connectivity index (χ1v) is 8.63. The summed E-state index contributed by atoms with van der Waals surface area (Å²) in [5, 5.41) is 15.0. The molecule has 2 rings (SSSR count). The third-order valence-corrected chi connectivity index (χ3v) is 4.14. The zero-order valence-electron chi connectivity index (χ0n) is 13.3. The number of carbonyl (C=O) groups excluding carboxylic acids is 1. The van der Waals surface area contributed by atoms with E-state index in [9.17, 15) is 10.1 Å². The number of halogens is 1. The molecule has 0 fully saturated rings. The molecule has 1 amide bonds. The fourth-order valence-electron chi connectivity index (χ4n) is 2.15. The Labute approximate surface area is 155 Å². The van der Waals surface area contributed by atoms with Gasteiger partial charge in [0, 0.05) is 22.0 Å². The summed E-state index contributed by atoms with van der Waals surface area (Å²) in [4.78, 5) is 12.1. The molecule has 0 spiro atoms. The summed E-state index contributed by atoms with van der Waals surface area (Å²) in [5.74, 6) is -0.371. The molecule has 122 valence electrons. The van der Waals surface area contributed by atoms with Crippen molar-refractivity contribution in [2.45, 2.75) is 13.3 Å². The third-order valence-electron chi connectivity index (χ3n) is 3.47. The zero-order chi connectivity index (χ0) is 17.4. The van der Waals surface area contributed by atoms with Gasteiger partial charge in [-0.3, -0.25) is 4.79 Å². The molecule has 5 heteroatoms. The molecule has 2 N–H and O–H groups in total.